The molecule has 0 aliphatic heterocycles. The van der Waals surface area contributed by atoms with E-state index in [0.29, 0.717) is 0 Å². The first kappa shape index (κ1) is 22.1. The molecule has 0 fully saturated rings. The van der Waals surface area contributed by atoms with Gasteiger partial charge < -0.3 is 9.88 Å². The molecule has 0 unspecified atom stereocenters. The Hall–Kier alpha value is -5.08. The molecule has 1 aromatic heterocycles. The van der Waals surface area contributed by atoms with Crippen molar-refractivity contribution < 1.29 is 0 Å². The quantitative estimate of drug-likeness (QED) is 0.256. The Kier molecular flexibility index (Phi) is 5.49. The van der Waals surface area contributed by atoms with Crippen LogP contribution in [0.5, 0.6) is 0 Å². The van der Waals surface area contributed by atoms with Crippen molar-refractivity contribution >= 4 is 33.2 Å². The number of benzene rings is 6. The maximum absolute atomic E-state index is 3.49. The predicted octanol–water partition coefficient (Wildman–Crippen LogP) is 9.86. The van der Waals surface area contributed by atoms with Crippen LogP contribution in [0.3, 0.4) is 0 Å². The second-order valence-corrected chi connectivity index (χ2v) is 9.57. The van der Waals surface area contributed by atoms with Crippen LogP contribution < -0.4 is 5.32 Å². The van der Waals surface area contributed by atoms with Crippen molar-refractivity contribution in [1.82, 2.24) is 4.57 Å². The van der Waals surface area contributed by atoms with E-state index in [0.717, 1.165) is 17.1 Å². The lowest BCUT2D eigenvalue weighted by Crippen LogP contribution is -1.95. The second kappa shape index (κ2) is 9.42. The Morgan fingerprint density at radius 3 is 1.32 bits per heavy atom. The van der Waals surface area contributed by atoms with Gasteiger partial charge in [-0.2, -0.15) is 0 Å². The minimum Gasteiger partial charge on any atom is -0.356 e. The van der Waals surface area contributed by atoms with E-state index in [1.165, 1.54) is 44.1 Å². The molecular weight excluding hydrogens is 460 g/mol. The van der Waals surface area contributed by atoms with Gasteiger partial charge in [0.1, 0.15) is 0 Å². The largest absolute Gasteiger partial charge is 0.356 e. The molecule has 1 N–H and O–H groups in total. The molecular formula is C36H26N2. The van der Waals surface area contributed by atoms with Crippen LogP contribution in [0, 0.1) is 0 Å². The summed E-state index contributed by atoms with van der Waals surface area (Å²) in [5.74, 6) is 0. The molecule has 0 saturated carbocycles. The molecule has 0 amide bonds. The van der Waals surface area contributed by atoms with Gasteiger partial charge in [-0.1, -0.05) is 91.0 Å². The fraction of sp³-hybridized carbons (Fsp3) is 0. The summed E-state index contributed by atoms with van der Waals surface area (Å²) < 4.78 is 2.38. The van der Waals surface area contributed by atoms with E-state index >= 15 is 0 Å². The SMILES string of the molecule is c1ccc(Nc2ccc(-n3c4ccc(-c5ccccc5)cc4c4cc(-c5ccccc5)ccc43)cc2)cc1. The first-order valence-corrected chi connectivity index (χ1v) is 13.0. The summed E-state index contributed by atoms with van der Waals surface area (Å²) in [6, 6.07) is 53.8. The van der Waals surface area contributed by atoms with Gasteiger partial charge in [-0.15, -0.1) is 0 Å². The molecule has 7 rings (SSSR count). The highest BCUT2D eigenvalue weighted by atomic mass is 15.0. The molecule has 0 aliphatic rings. The zero-order chi connectivity index (χ0) is 25.3. The molecule has 38 heavy (non-hydrogen) atoms. The molecule has 0 bridgehead atoms. The van der Waals surface area contributed by atoms with Crippen LogP contribution in [-0.4, -0.2) is 4.57 Å². The third kappa shape index (κ3) is 4.03. The van der Waals surface area contributed by atoms with E-state index in [1.807, 2.05) is 18.2 Å². The van der Waals surface area contributed by atoms with Crippen molar-refractivity contribution in [3.8, 4) is 27.9 Å². The summed E-state index contributed by atoms with van der Waals surface area (Å²) in [6.07, 6.45) is 0. The Morgan fingerprint density at radius 1 is 0.368 bits per heavy atom. The van der Waals surface area contributed by atoms with Crippen molar-refractivity contribution in [3.63, 3.8) is 0 Å². The number of rotatable bonds is 5. The van der Waals surface area contributed by atoms with Gasteiger partial charge in [0, 0.05) is 27.8 Å². The minimum absolute atomic E-state index is 1.07. The van der Waals surface area contributed by atoms with Crippen LogP contribution in [0.15, 0.2) is 152 Å². The Morgan fingerprint density at radius 2 is 0.816 bits per heavy atom. The third-order valence-electron chi connectivity index (χ3n) is 7.17. The Labute approximate surface area is 222 Å². The highest BCUT2D eigenvalue weighted by Gasteiger charge is 2.14. The van der Waals surface area contributed by atoms with Gasteiger partial charge in [-0.25, -0.2) is 0 Å². The van der Waals surface area contributed by atoms with Gasteiger partial charge in [0.2, 0.25) is 0 Å². The van der Waals surface area contributed by atoms with Crippen LogP contribution in [0.25, 0.3) is 49.7 Å². The van der Waals surface area contributed by atoms with Crippen LogP contribution >= 0.6 is 0 Å². The highest BCUT2D eigenvalue weighted by molar-refractivity contribution is 6.11. The number of anilines is 2. The van der Waals surface area contributed by atoms with Crippen molar-refractivity contribution in [2.75, 3.05) is 5.32 Å². The van der Waals surface area contributed by atoms with E-state index in [1.54, 1.807) is 0 Å². The molecule has 0 saturated heterocycles. The molecule has 0 radical (unpaired) electrons. The maximum Gasteiger partial charge on any atom is 0.0541 e. The molecule has 6 aromatic carbocycles. The molecule has 180 valence electrons. The van der Waals surface area contributed by atoms with E-state index in [4.69, 9.17) is 0 Å². The normalized spacial score (nSPS) is 11.2. The van der Waals surface area contributed by atoms with E-state index in [2.05, 4.69) is 143 Å². The Bertz CT molecular complexity index is 1750. The Balaban J connectivity index is 1.39. The maximum atomic E-state index is 3.49. The van der Waals surface area contributed by atoms with E-state index < -0.39 is 0 Å². The van der Waals surface area contributed by atoms with Crippen molar-refractivity contribution in [2.45, 2.75) is 0 Å². The molecule has 0 aliphatic carbocycles. The summed E-state index contributed by atoms with van der Waals surface area (Å²) in [6.45, 7) is 0. The van der Waals surface area contributed by atoms with Crippen molar-refractivity contribution in [1.29, 1.82) is 0 Å². The average molecular weight is 487 g/mol. The minimum atomic E-state index is 1.07. The monoisotopic (exact) mass is 486 g/mol. The predicted molar refractivity (Wildman–Crippen MR) is 161 cm³/mol. The fourth-order valence-corrected chi connectivity index (χ4v) is 5.30. The second-order valence-electron chi connectivity index (χ2n) is 9.57. The topological polar surface area (TPSA) is 17.0 Å². The molecule has 2 nitrogen and oxygen atoms in total. The molecule has 1 heterocycles. The highest BCUT2D eigenvalue weighted by Crippen LogP contribution is 2.37. The lowest BCUT2D eigenvalue weighted by Gasteiger charge is -2.11. The van der Waals surface area contributed by atoms with Gasteiger partial charge >= 0.3 is 0 Å². The fourth-order valence-electron chi connectivity index (χ4n) is 5.30. The molecule has 7 aromatic rings. The average Bonchev–Trinajstić information content (AvgIpc) is 3.32. The summed E-state index contributed by atoms with van der Waals surface area (Å²) in [7, 11) is 0. The van der Waals surface area contributed by atoms with Gasteiger partial charge in [0.25, 0.3) is 0 Å². The number of hydrogen-bond acceptors (Lipinski definition) is 1. The molecule has 0 spiro atoms. The number of aromatic nitrogens is 1. The summed E-state index contributed by atoms with van der Waals surface area (Å²) in [5, 5.41) is 6.00. The number of hydrogen-bond donors (Lipinski definition) is 1. The van der Waals surface area contributed by atoms with Crippen LogP contribution in [-0.2, 0) is 0 Å². The summed E-state index contributed by atoms with van der Waals surface area (Å²) in [4.78, 5) is 0. The van der Waals surface area contributed by atoms with Crippen molar-refractivity contribution in [2.24, 2.45) is 0 Å². The molecule has 2 heteroatoms. The lowest BCUT2D eigenvalue weighted by molar-refractivity contribution is 1.18. The third-order valence-corrected chi connectivity index (χ3v) is 7.17. The number of nitrogens with zero attached hydrogens (tertiary/aromatic N) is 1. The van der Waals surface area contributed by atoms with Crippen LogP contribution in [0.4, 0.5) is 11.4 Å². The zero-order valence-corrected chi connectivity index (χ0v) is 20.9. The smallest absolute Gasteiger partial charge is 0.0541 e. The van der Waals surface area contributed by atoms with Gasteiger partial charge in [-0.3, -0.25) is 0 Å². The van der Waals surface area contributed by atoms with Crippen LogP contribution in [0.2, 0.25) is 0 Å². The van der Waals surface area contributed by atoms with Crippen molar-refractivity contribution in [3.05, 3.63) is 152 Å². The summed E-state index contributed by atoms with van der Waals surface area (Å²) >= 11 is 0. The standard InChI is InChI=1S/C36H26N2/c1-4-10-26(11-5-1)28-16-22-35-33(24-28)34-25-29(27-12-6-2-7-13-27)17-23-36(34)38(35)32-20-18-31(19-21-32)37-30-14-8-3-9-15-30/h1-25,37H. The first-order valence-electron chi connectivity index (χ1n) is 13.0. The first-order chi connectivity index (χ1) is 18.8. The van der Waals surface area contributed by atoms with Gasteiger partial charge in [0.15, 0.2) is 0 Å². The van der Waals surface area contributed by atoms with Crippen LogP contribution in [0.1, 0.15) is 0 Å². The summed E-state index contributed by atoms with van der Waals surface area (Å²) in [5.41, 5.74) is 10.6. The van der Waals surface area contributed by atoms with E-state index in [9.17, 15) is 0 Å². The number of para-hydroxylation sites is 1. The van der Waals surface area contributed by atoms with E-state index in [-0.39, 0.29) is 0 Å². The number of nitrogens with one attached hydrogen (secondary N) is 1. The van der Waals surface area contributed by atoms with Gasteiger partial charge in [0.05, 0.1) is 11.0 Å². The zero-order valence-electron chi connectivity index (χ0n) is 20.9. The van der Waals surface area contributed by atoms with Gasteiger partial charge in [-0.05, 0) is 82.9 Å². The molecule has 0 atom stereocenters. The lowest BCUT2D eigenvalue weighted by atomic mass is 10.0. The number of fused-ring (bicyclic) bond motifs is 3.